The molecule has 0 unspecified atom stereocenters. The molecule has 9 heteroatoms. The van der Waals surface area contributed by atoms with Crippen molar-refractivity contribution < 1.29 is 13.3 Å². The van der Waals surface area contributed by atoms with Crippen LogP contribution in [0, 0.1) is 10.1 Å². The van der Waals surface area contributed by atoms with Crippen LogP contribution in [0.25, 0.3) is 0 Å². The average molecular weight is 319 g/mol. The zero-order valence-corrected chi connectivity index (χ0v) is 11.6. The Hall–Kier alpha value is -1.64. The highest BCUT2D eigenvalue weighted by molar-refractivity contribution is 7.94. The molecular formula is C10H7ClN2O4S2. The number of rotatable bonds is 4. The first-order chi connectivity index (χ1) is 8.90. The van der Waals surface area contributed by atoms with Crippen molar-refractivity contribution in [2.75, 3.05) is 4.72 Å². The van der Waals surface area contributed by atoms with Gasteiger partial charge in [0, 0.05) is 6.07 Å². The number of halogens is 1. The standard InChI is InChI=1S/C10H7ClN2O4S2/c11-8-4-3-7(6-9(8)13(14)15)12-19(16,17)10-2-1-5-18-10/h1-6,12H. The fourth-order valence-electron chi connectivity index (χ4n) is 1.34. The molecule has 0 atom stereocenters. The van der Waals surface area contributed by atoms with Gasteiger partial charge in [0.15, 0.2) is 0 Å². The molecule has 2 aromatic rings. The molecule has 19 heavy (non-hydrogen) atoms. The second-order valence-electron chi connectivity index (χ2n) is 3.46. The largest absolute Gasteiger partial charge is 0.289 e. The van der Waals surface area contributed by atoms with Crippen LogP contribution in [-0.4, -0.2) is 13.3 Å². The molecule has 1 N–H and O–H groups in total. The Bertz CT molecular complexity index is 713. The summed E-state index contributed by atoms with van der Waals surface area (Å²) in [7, 11) is -3.72. The van der Waals surface area contributed by atoms with Gasteiger partial charge < -0.3 is 0 Å². The van der Waals surface area contributed by atoms with Crippen LogP contribution in [0.2, 0.25) is 5.02 Å². The number of nitro benzene ring substituents is 1. The molecule has 0 aliphatic carbocycles. The van der Waals surface area contributed by atoms with Gasteiger partial charge in [-0.25, -0.2) is 8.42 Å². The predicted octanol–water partition coefficient (Wildman–Crippen LogP) is 3.11. The van der Waals surface area contributed by atoms with E-state index in [1.807, 2.05) is 0 Å². The van der Waals surface area contributed by atoms with Gasteiger partial charge >= 0.3 is 0 Å². The first kappa shape index (κ1) is 13.8. The van der Waals surface area contributed by atoms with Crippen LogP contribution in [-0.2, 0) is 10.0 Å². The Balaban J connectivity index is 2.35. The molecule has 0 aliphatic heterocycles. The zero-order valence-electron chi connectivity index (χ0n) is 9.24. The molecule has 1 aromatic heterocycles. The molecule has 0 radical (unpaired) electrons. The van der Waals surface area contributed by atoms with Crippen LogP contribution in [0.15, 0.2) is 39.9 Å². The average Bonchev–Trinajstić information content (AvgIpc) is 2.85. The van der Waals surface area contributed by atoms with E-state index < -0.39 is 14.9 Å². The van der Waals surface area contributed by atoms with E-state index in [1.165, 1.54) is 18.2 Å². The summed E-state index contributed by atoms with van der Waals surface area (Å²) in [6.45, 7) is 0. The highest BCUT2D eigenvalue weighted by Crippen LogP contribution is 2.29. The van der Waals surface area contributed by atoms with Gasteiger partial charge in [-0.05, 0) is 23.6 Å². The molecular weight excluding hydrogens is 312 g/mol. The van der Waals surface area contributed by atoms with E-state index in [-0.39, 0.29) is 20.6 Å². The normalized spacial score (nSPS) is 11.2. The lowest BCUT2D eigenvalue weighted by Crippen LogP contribution is -2.11. The van der Waals surface area contributed by atoms with Gasteiger partial charge in [-0.15, -0.1) is 11.3 Å². The number of sulfonamides is 1. The van der Waals surface area contributed by atoms with E-state index >= 15 is 0 Å². The van der Waals surface area contributed by atoms with Crippen molar-refractivity contribution in [3.63, 3.8) is 0 Å². The van der Waals surface area contributed by atoms with E-state index in [0.717, 1.165) is 17.4 Å². The van der Waals surface area contributed by atoms with Gasteiger partial charge in [0.2, 0.25) is 0 Å². The van der Waals surface area contributed by atoms with Crippen molar-refractivity contribution in [3.05, 3.63) is 50.8 Å². The maximum Gasteiger partial charge on any atom is 0.289 e. The Morgan fingerprint density at radius 2 is 2.05 bits per heavy atom. The van der Waals surface area contributed by atoms with Gasteiger partial charge in [-0.3, -0.25) is 14.8 Å². The number of nitro groups is 1. The van der Waals surface area contributed by atoms with Crippen molar-refractivity contribution in [2.24, 2.45) is 0 Å². The lowest BCUT2D eigenvalue weighted by atomic mass is 10.3. The van der Waals surface area contributed by atoms with Crippen molar-refractivity contribution >= 4 is 44.3 Å². The van der Waals surface area contributed by atoms with E-state index in [9.17, 15) is 18.5 Å². The molecule has 6 nitrogen and oxygen atoms in total. The van der Waals surface area contributed by atoms with Gasteiger partial charge in [0.25, 0.3) is 15.7 Å². The molecule has 0 amide bonds. The summed E-state index contributed by atoms with van der Waals surface area (Å²) in [5.41, 5.74) is -0.266. The SMILES string of the molecule is O=[N+]([O-])c1cc(NS(=O)(=O)c2cccs2)ccc1Cl. The molecule has 0 saturated heterocycles. The minimum absolute atomic E-state index is 0.0518. The van der Waals surface area contributed by atoms with E-state index in [2.05, 4.69) is 4.72 Å². The fourth-order valence-corrected chi connectivity index (χ4v) is 3.57. The number of nitrogens with zero attached hydrogens (tertiary/aromatic N) is 1. The van der Waals surface area contributed by atoms with E-state index in [1.54, 1.807) is 11.4 Å². The molecule has 0 fully saturated rings. The highest BCUT2D eigenvalue weighted by atomic mass is 35.5. The van der Waals surface area contributed by atoms with Crippen LogP contribution in [0.1, 0.15) is 0 Å². The van der Waals surface area contributed by atoms with Gasteiger partial charge in [-0.2, -0.15) is 0 Å². The third-order valence-electron chi connectivity index (χ3n) is 2.15. The Labute approximate surface area is 117 Å². The van der Waals surface area contributed by atoms with Crippen molar-refractivity contribution in [3.8, 4) is 0 Å². The zero-order chi connectivity index (χ0) is 14.0. The number of hydrogen-bond acceptors (Lipinski definition) is 5. The Morgan fingerprint density at radius 3 is 2.63 bits per heavy atom. The predicted molar refractivity (Wildman–Crippen MR) is 73.2 cm³/mol. The molecule has 0 spiro atoms. The highest BCUT2D eigenvalue weighted by Gasteiger charge is 2.18. The topological polar surface area (TPSA) is 89.3 Å². The first-order valence-corrected chi connectivity index (χ1v) is 7.64. The van der Waals surface area contributed by atoms with Crippen LogP contribution >= 0.6 is 22.9 Å². The maximum absolute atomic E-state index is 11.9. The summed E-state index contributed by atoms with van der Waals surface area (Å²) >= 11 is 6.70. The monoisotopic (exact) mass is 318 g/mol. The minimum atomic E-state index is -3.72. The molecule has 1 heterocycles. The lowest BCUT2D eigenvalue weighted by Gasteiger charge is -2.06. The van der Waals surface area contributed by atoms with E-state index in [0.29, 0.717) is 0 Å². The quantitative estimate of drug-likeness (QED) is 0.692. The number of thiophene rings is 1. The van der Waals surface area contributed by atoms with Crippen LogP contribution in [0.3, 0.4) is 0 Å². The molecule has 2 rings (SSSR count). The van der Waals surface area contributed by atoms with E-state index in [4.69, 9.17) is 11.6 Å². The summed E-state index contributed by atoms with van der Waals surface area (Å²) in [6.07, 6.45) is 0. The molecule has 100 valence electrons. The summed E-state index contributed by atoms with van der Waals surface area (Å²) < 4.78 is 26.2. The fraction of sp³-hybridized carbons (Fsp3) is 0. The maximum atomic E-state index is 11.9. The third-order valence-corrected chi connectivity index (χ3v) is 5.25. The number of nitrogens with one attached hydrogen (secondary N) is 1. The third kappa shape index (κ3) is 3.03. The second kappa shape index (κ2) is 5.16. The summed E-state index contributed by atoms with van der Waals surface area (Å²) in [5, 5.41) is 12.3. The van der Waals surface area contributed by atoms with Crippen molar-refractivity contribution in [2.45, 2.75) is 4.21 Å². The van der Waals surface area contributed by atoms with Crippen LogP contribution < -0.4 is 4.72 Å². The molecule has 0 aliphatic rings. The van der Waals surface area contributed by atoms with Gasteiger partial charge in [-0.1, -0.05) is 17.7 Å². The Kier molecular flexibility index (Phi) is 3.74. The number of hydrogen-bond donors (Lipinski definition) is 1. The second-order valence-corrected chi connectivity index (χ2v) is 6.73. The molecule has 0 bridgehead atoms. The van der Waals surface area contributed by atoms with Crippen LogP contribution in [0.5, 0.6) is 0 Å². The summed E-state index contributed by atoms with van der Waals surface area (Å²) in [4.78, 5) is 10.0. The van der Waals surface area contributed by atoms with Gasteiger partial charge in [0.05, 0.1) is 10.6 Å². The van der Waals surface area contributed by atoms with Gasteiger partial charge in [0.1, 0.15) is 9.23 Å². The Morgan fingerprint density at radius 1 is 1.32 bits per heavy atom. The van der Waals surface area contributed by atoms with Crippen LogP contribution in [0.4, 0.5) is 11.4 Å². The first-order valence-electron chi connectivity index (χ1n) is 4.90. The van der Waals surface area contributed by atoms with Crippen molar-refractivity contribution in [1.29, 1.82) is 0 Å². The molecule has 0 saturated carbocycles. The number of benzene rings is 1. The summed E-state index contributed by atoms with van der Waals surface area (Å²) in [5.74, 6) is 0. The minimum Gasteiger partial charge on any atom is -0.279 e. The smallest absolute Gasteiger partial charge is 0.279 e. The number of anilines is 1. The summed E-state index contributed by atoms with van der Waals surface area (Å²) in [6, 6.07) is 6.75. The molecule has 1 aromatic carbocycles. The lowest BCUT2D eigenvalue weighted by molar-refractivity contribution is -0.384. The van der Waals surface area contributed by atoms with Crippen molar-refractivity contribution in [1.82, 2.24) is 0 Å².